The topological polar surface area (TPSA) is 12.0 Å². The van der Waals surface area contributed by atoms with Crippen molar-refractivity contribution in [2.45, 2.75) is 54.0 Å². The number of nitrogens with one attached hydrogen (secondary N) is 1. The summed E-state index contributed by atoms with van der Waals surface area (Å²) in [5.74, 6) is 0. The van der Waals surface area contributed by atoms with Crippen molar-refractivity contribution in [2.24, 2.45) is 0 Å². The van der Waals surface area contributed by atoms with Crippen molar-refractivity contribution < 1.29 is 0 Å². The predicted octanol–water partition coefficient (Wildman–Crippen LogP) is 3.06. The summed E-state index contributed by atoms with van der Waals surface area (Å²) in [7, 11) is 1.98. The minimum Gasteiger partial charge on any atom is -0.317 e. The first kappa shape index (κ1) is 16.5. The van der Waals surface area contributed by atoms with Crippen LogP contribution in [-0.4, -0.2) is 13.1 Å². The zero-order valence-corrected chi connectivity index (χ0v) is 8.78. The Morgan fingerprint density at radius 1 is 1.10 bits per heavy atom. The highest BCUT2D eigenvalue weighted by atomic mass is 14.8. The molecule has 1 N–H and O–H groups in total. The van der Waals surface area contributed by atoms with Crippen LogP contribution in [0.3, 0.4) is 0 Å². The minimum absolute atomic E-state index is 0.685. The maximum atomic E-state index is 3.11. The molecule has 10 heavy (non-hydrogen) atoms. The molecule has 0 unspecified atom stereocenters. The van der Waals surface area contributed by atoms with Gasteiger partial charge in [0.2, 0.25) is 0 Å². The SMILES string of the molecule is CC.CC.CC[C@H](C)NC. The third kappa shape index (κ3) is 24.6. The number of hydrogen-bond acceptors (Lipinski definition) is 1. The van der Waals surface area contributed by atoms with E-state index in [4.69, 9.17) is 0 Å². The summed E-state index contributed by atoms with van der Waals surface area (Å²) in [5, 5.41) is 3.11. The van der Waals surface area contributed by atoms with E-state index in [9.17, 15) is 0 Å². The normalized spacial score (nSPS) is 9.90. The first-order chi connectivity index (χ1) is 4.81. The standard InChI is InChI=1S/C5H13N.2C2H6/c1-4-5(2)6-3;2*1-2/h5-6H,4H2,1-3H3;2*1-2H3/t5-;;/m0../s1. The van der Waals surface area contributed by atoms with Crippen LogP contribution in [0.2, 0.25) is 0 Å². The fourth-order valence-corrected chi connectivity index (χ4v) is 0.204. The quantitative estimate of drug-likeness (QED) is 0.633. The van der Waals surface area contributed by atoms with E-state index in [1.807, 2.05) is 34.7 Å². The van der Waals surface area contributed by atoms with Crippen LogP contribution in [-0.2, 0) is 0 Å². The van der Waals surface area contributed by atoms with E-state index in [1.165, 1.54) is 6.42 Å². The third-order valence-corrected chi connectivity index (χ3v) is 1.11. The van der Waals surface area contributed by atoms with Gasteiger partial charge in [0.25, 0.3) is 0 Å². The second kappa shape index (κ2) is 23.1. The molecule has 0 aromatic rings. The Bertz CT molecular complexity index is 23.9. The van der Waals surface area contributed by atoms with Gasteiger partial charge in [-0.2, -0.15) is 0 Å². The Hall–Kier alpha value is -0.0400. The molecule has 0 spiro atoms. The fourth-order valence-electron chi connectivity index (χ4n) is 0.204. The van der Waals surface area contributed by atoms with E-state index in [0.29, 0.717) is 6.04 Å². The summed E-state index contributed by atoms with van der Waals surface area (Å²) in [4.78, 5) is 0. The Kier molecular flexibility index (Phi) is 38.1. The van der Waals surface area contributed by atoms with Crippen LogP contribution in [0.25, 0.3) is 0 Å². The highest BCUT2D eigenvalue weighted by Gasteiger charge is 1.86. The molecule has 0 radical (unpaired) electrons. The summed E-state index contributed by atoms with van der Waals surface area (Å²) in [6.45, 7) is 12.3. The predicted molar refractivity (Wildman–Crippen MR) is 51.5 cm³/mol. The highest BCUT2D eigenvalue weighted by molar-refractivity contribution is 4.49. The van der Waals surface area contributed by atoms with Gasteiger partial charge in [0.05, 0.1) is 0 Å². The smallest absolute Gasteiger partial charge is 0.00331 e. The number of hydrogen-bond donors (Lipinski definition) is 1. The summed E-state index contributed by atoms with van der Waals surface area (Å²) in [5.41, 5.74) is 0. The van der Waals surface area contributed by atoms with Crippen LogP contribution >= 0.6 is 0 Å². The van der Waals surface area contributed by atoms with Gasteiger partial charge in [0.1, 0.15) is 0 Å². The molecular weight excluding hydrogens is 122 g/mol. The van der Waals surface area contributed by atoms with Crippen molar-refractivity contribution in [2.75, 3.05) is 7.05 Å². The van der Waals surface area contributed by atoms with Gasteiger partial charge in [-0.1, -0.05) is 34.6 Å². The van der Waals surface area contributed by atoms with Crippen molar-refractivity contribution in [1.82, 2.24) is 5.32 Å². The maximum Gasteiger partial charge on any atom is 0.00331 e. The van der Waals surface area contributed by atoms with Gasteiger partial charge in [-0.15, -0.1) is 0 Å². The average Bonchev–Trinajstić information content (AvgIpc) is 2.10. The molecular formula is C9H25N. The van der Waals surface area contributed by atoms with Crippen molar-refractivity contribution in [3.05, 3.63) is 0 Å². The van der Waals surface area contributed by atoms with Gasteiger partial charge in [-0.05, 0) is 20.4 Å². The molecule has 0 amide bonds. The minimum atomic E-state index is 0.685. The molecule has 1 heteroatoms. The summed E-state index contributed by atoms with van der Waals surface area (Å²) in [6.07, 6.45) is 1.22. The number of rotatable bonds is 2. The maximum absolute atomic E-state index is 3.11. The average molecular weight is 147 g/mol. The van der Waals surface area contributed by atoms with E-state index < -0.39 is 0 Å². The van der Waals surface area contributed by atoms with E-state index in [1.54, 1.807) is 0 Å². The summed E-state index contributed by atoms with van der Waals surface area (Å²) >= 11 is 0. The molecule has 0 bridgehead atoms. The summed E-state index contributed by atoms with van der Waals surface area (Å²) in [6, 6.07) is 0.685. The Labute approximate surface area is 67.2 Å². The molecule has 0 rings (SSSR count). The van der Waals surface area contributed by atoms with Crippen molar-refractivity contribution in [1.29, 1.82) is 0 Å². The Balaban J connectivity index is -0.000000105. The van der Waals surface area contributed by atoms with E-state index in [2.05, 4.69) is 19.2 Å². The summed E-state index contributed by atoms with van der Waals surface area (Å²) < 4.78 is 0. The Morgan fingerprint density at radius 3 is 1.40 bits per heavy atom. The van der Waals surface area contributed by atoms with Crippen LogP contribution in [0.15, 0.2) is 0 Å². The molecule has 0 aromatic heterocycles. The lowest BCUT2D eigenvalue weighted by molar-refractivity contribution is 0.593. The van der Waals surface area contributed by atoms with Crippen LogP contribution in [0.5, 0.6) is 0 Å². The lowest BCUT2D eigenvalue weighted by Crippen LogP contribution is -2.19. The van der Waals surface area contributed by atoms with Crippen molar-refractivity contribution >= 4 is 0 Å². The lowest BCUT2D eigenvalue weighted by Gasteiger charge is -2.02. The van der Waals surface area contributed by atoms with Gasteiger partial charge >= 0.3 is 0 Å². The van der Waals surface area contributed by atoms with Gasteiger partial charge in [0, 0.05) is 6.04 Å². The Morgan fingerprint density at radius 2 is 1.40 bits per heavy atom. The van der Waals surface area contributed by atoms with Crippen LogP contribution < -0.4 is 5.32 Å². The van der Waals surface area contributed by atoms with Gasteiger partial charge in [-0.25, -0.2) is 0 Å². The molecule has 0 saturated carbocycles. The zero-order chi connectivity index (χ0) is 8.99. The molecule has 1 atom stereocenters. The van der Waals surface area contributed by atoms with Gasteiger partial charge in [-0.3, -0.25) is 0 Å². The monoisotopic (exact) mass is 147 g/mol. The van der Waals surface area contributed by atoms with Gasteiger partial charge in [0.15, 0.2) is 0 Å². The zero-order valence-electron chi connectivity index (χ0n) is 8.78. The molecule has 0 heterocycles. The second-order valence-corrected chi connectivity index (χ2v) is 1.60. The van der Waals surface area contributed by atoms with Gasteiger partial charge < -0.3 is 5.32 Å². The third-order valence-electron chi connectivity index (χ3n) is 1.11. The highest BCUT2D eigenvalue weighted by Crippen LogP contribution is 1.82. The second-order valence-electron chi connectivity index (χ2n) is 1.60. The van der Waals surface area contributed by atoms with E-state index in [-0.39, 0.29) is 0 Å². The molecule has 66 valence electrons. The first-order valence-corrected chi connectivity index (χ1v) is 4.48. The molecule has 0 aliphatic rings. The fraction of sp³-hybridized carbons (Fsp3) is 1.00. The van der Waals surface area contributed by atoms with Crippen molar-refractivity contribution in [3.8, 4) is 0 Å². The molecule has 0 saturated heterocycles. The van der Waals surface area contributed by atoms with Crippen LogP contribution in [0.1, 0.15) is 48.0 Å². The first-order valence-electron chi connectivity index (χ1n) is 4.48. The van der Waals surface area contributed by atoms with Crippen LogP contribution in [0, 0.1) is 0 Å². The molecule has 1 nitrogen and oxygen atoms in total. The largest absolute Gasteiger partial charge is 0.317 e. The lowest BCUT2D eigenvalue weighted by atomic mass is 10.3. The molecule has 0 aliphatic carbocycles. The molecule has 0 aliphatic heterocycles. The van der Waals surface area contributed by atoms with Crippen LogP contribution in [0.4, 0.5) is 0 Å². The molecule has 0 fully saturated rings. The van der Waals surface area contributed by atoms with E-state index >= 15 is 0 Å². The van der Waals surface area contributed by atoms with E-state index in [0.717, 1.165) is 0 Å². The molecule has 0 aromatic carbocycles. The van der Waals surface area contributed by atoms with Crippen molar-refractivity contribution in [3.63, 3.8) is 0 Å².